The zero-order valence-electron chi connectivity index (χ0n) is 19.6. The van der Waals surface area contributed by atoms with E-state index in [1.165, 1.54) is 6.33 Å². The van der Waals surface area contributed by atoms with Crippen LogP contribution in [0.2, 0.25) is 0 Å². The van der Waals surface area contributed by atoms with Crippen LogP contribution in [0.1, 0.15) is 55.6 Å². The molecule has 0 N–H and O–H groups in total. The first kappa shape index (κ1) is 23.1. The third kappa shape index (κ3) is 4.52. The van der Waals surface area contributed by atoms with Crippen molar-refractivity contribution in [1.82, 2.24) is 29.3 Å². The van der Waals surface area contributed by atoms with E-state index in [2.05, 4.69) is 20.1 Å². The number of aromatic nitrogens is 6. The Kier molecular flexibility index (Phi) is 5.82. The highest BCUT2D eigenvalue weighted by Gasteiger charge is 2.36. The molecule has 1 aliphatic carbocycles. The van der Waals surface area contributed by atoms with Crippen LogP contribution in [-0.2, 0) is 12.7 Å². The lowest BCUT2D eigenvalue weighted by Gasteiger charge is -2.18. The number of rotatable bonds is 7. The maximum Gasteiger partial charge on any atom is 0.434 e. The fraction of sp³-hybridized carbons (Fsp3) is 0.360. The fourth-order valence-electron chi connectivity index (χ4n) is 4.25. The minimum Gasteiger partial charge on any atom is -0.480 e. The molecule has 0 unspecified atom stereocenters. The minimum absolute atomic E-state index is 0.211. The van der Waals surface area contributed by atoms with Crippen molar-refractivity contribution in [2.24, 2.45) is 0 Å². The maximum atomic E-state index is 13.5. The summed E-state index contributed by atoms with van der Waals surface area (Å²) in [5.41, 5.74) is 3.03. The Labute approximate surface area is 200 Å². The van der Waals surface area contributed by atoms with Gasteiger partial charge < -0.3 is 9.30 Å². The number of nitrogens with zero attached hydrogens (tertiary/aromatic N) is 6. The molecule has 3 aromatic heterocycles. The Bertz CT molecular complexity index is 1340. The molecule has 1 aliphatic rings. The van der Waals surface area contributed by atoms with Gasteiger partial charge in [0.05, 0.1) is 24.9 Å². The Hall–Kier alpha value is -3.69. The van der Waals surface area contributed by atoms with Crippen molar-refractivity contribution in [3.63, 3.8) is 0 Å². The monoisotopic (exact) mass is 482 g/mol. The highest BCUT2D eigenvalue weighted by molar-refractivity contribution is 5.79. The molecule has 0 amide bonds. The number of alkyl halides is 3. The van der Waals surface area contributed by atoms with Gasteiger partial charge in [0, 0.05) is 36.1 Å². The van der Waals surface area contributed by atoms with E-state index >= 15 is 0 Å². The Morgan fingerprint density at radius 3 is 2.60 bits per heavy atom. The standard InChI is InChI=1S/C25H25F3N6O/c1-15(2)34-13-20(25(26,27)28)32-23(34)17-7-8-18(12-33-10-4-9-31-33)19(11-17)21-22(16-5-6-16)29-14-30-24(21)35-3/h4,7-11,13-16H,5-6,12H2,1-3H3. The van der Waals surface area contributed by atoms with Gasteiger partial charge in [0.15, 0.2) is 5.69 Å². The molecule has 0 aliphatic heterocycles. The van der Waals surface area contributed by atoms with Crippen LogP contribution >= 0.6 is 0 Å². The van der Waals surface area contributed by atoms with Crippen molar-refractivity contribution < 1.29 is 17.9 Å². The van der Waals surface area contributed by atoms with E-state index in [1.807, 2.05) is 38.2 Å². The summed E-state index contributed by atoms with van der Waals surface area (Å²) in [4.78, 5) is 12.9. The van der Waals surface area contributed by atoms with Gasteiger partial charge in [-0.2, -0.15) is 18.3 Å². The lowest BCUT2D eigenvalue weighted by Crippen LogP contribution is -2.06. The highest BCUT2D eigenvalue weighted by atomic mass is 19.4. The first-order valence-electron chi connectivity index (χ1n) is 11.4. The van der Waals surface area contributed by atoms with Crippen LogP contribution in [0.5, 0.6) is 5.88 Å². The summed E-state index contributed by atoms with van der Waals surface area (Å²) in [6, 6.07) is 7.21. The van der Waals surface area contributed by atoms with Gasteiger partial charge in [-0.05, 0) is 49.9 Å². The summed E-state index contributed by atoms with van der Waals surface area (Å²) < 4.78 is 49.5. The molecule has 4 aromatic rings. The Morgan fingerprint density at radius 2 is 1.97 bits per heavy atom. The molecule has 0 bridgehead atoms. The predicted octanol–water partition coefficient (Wildman–Crippen LogP) is 5.74. The van der Waals surface area contributed by atoms with Crippen LogP contribution in [-0.4, -0.2) is 36.4 Å². The second kappa shape index (κ2) is 8.83. The molecule has 1 aromatic carbocycles. The molecule has 0 radical (unpaired) electrons. The average Bonchev–Trinajstić information content (AvgIpc) is 3.34. The van der Waals surface area contributed by atoms with E-state index in [4.69, 9.17) is 4.74 Å². The van der Waals surface area contributed by atoms with E-state index < -0.39 is 11.9 Å². The number of hydrogen-bond acceptors (Lipinski definition) is 5. The van der Waals surface area contributed by atoms with Crippen LogP contribution in [0.3, 0.4) is 0 Å². The lowest BCUT2D eigenvalue weighted by atomic mass is 9.94. The summed E-state index contributed by atoms with van der Waals surface area (Å²) in [6.07, 6.45) is 3.63. The van der Waals surface area contributed by atoms with Crippen molar-refractivity contribution in [2.45, 2.75) is 51.4 Å². The van der Waals surface area contributed by atoms with Gasteiger partial charge in [0.2, 0.25) is 5.88 Å². The SMILES string of the molecule is COc1ncnc(C2CC2)c1-c1cc(-c2nc(C(F)(F)F)cn2C(C)C)ccc1Cn1cccn1. The molecular formula is C25H25F3N6O. The van der Waals surface area contributed by atoms with Gasteiger partial charge in [-0.3, -0.25) is 4.68 Å². The van der Waals surface area contributed by atoms with E-state index in [9.17, 15) is 13.2 Å². The van der Waals surface area contributed by atoms with Crippen molar-refractivity contribution >= 4 is 0 Å². The largest absolute Gasteiger partial charge is 0.480 e. The van der Waals surface area contributed by atoms with Crippen LogP contribution < -0.4 is 4.74 Å². The van der Waals surface area contributed by atoms with E-state index in [0.717, 1.165) is 41.4 Å². The van der Waals surface area contributed by atoms with Crippen LogP contribution in [0.25, 0.3) is 22.5 Å². The number of halogens is 3. The van der Waals surface area contributed by atoms with Crippen LogP contribution in [0, 0.1) is 0 Å². The van der Waals surface area contributed by atoms with Crippen molar-refractivity contribution in [3.05, 3.63) is 66.1 Å². The predicted molar refractivity (Wildman–Crippen MR) is 124 cm³/mol. The molecule has 35 heavy (non-hydrogen) atoms. The second-order valence-electron chi connectivity index (χ2n) is 8.94. The first-order chi connectivity index (χ1) is 16.8. The molecule has 1 fully saturated rings. The lowest BCUT2D eigenvalue weighted by molar-refractivity contribution is -0.140. The second-order valence-corrected chi connectivity index (χ2v) is 8.94. The topological polar surface area (TPSA) is 70.7 Å². The van der Waals surface area contributed by atoms with Crippen molar-refractivity contribution in [2.75, 3.05) is 7.11 Å². The van der Waals surface area contributed by atoms with Gasteiger partial charge in [-0.25, -0.2) is 15.0 Å². The molecule has 182 valence electrons. The Morgan fingerprint density at radius 1 is 1.17 bits per heavy atom. The van der Waals surface area contributed by atoms with Gasteiger partial charge >= 0.3 is 6.18 Å². The first-order valence-corrected chi connectivity index (χ1v) is 11.4. The van der Waals surface area contributed by atoms with Crippen LogP contribution in [0.15, 0.2) is 49.2 Å². The maximum absolute atomic E-state index is 13.5. The van der Waals surface area contributed by atoms with Gasteiger partial charge in [-0.1, -0.05) is 12.1 Å². The fourth-order valence-corrected chi connectivity index (χ4v) is 4.25. The molecule has 0 spiro atoms. The quantitative estimate of drug-likeness (QED) is 0.336. The molecular weight excluding hydrogens is 457 g/mol. The third-order valence-corrected chi connectivity index (χ3v) is 6.11. The molecule has 0 atom stereocenters. The van der Waals surface area contributed by atoms with E-state index in [1.54, 1.807) is 28.6 Å². The molecule has 5 rings (SSSR count). The Balaban J connectivity index is 1.72. The number of methoxy groups -OCH3 is 1. The minimum atomic E-state index is -4.53. The highest BCUT2D eigenvalue weighted by Crippen LogP contribution is 2.47. The number of imidazole rings is 1. The summed E-state index contributed by atoms with van der Waals surface area (Å²) in [6.45, 7) is 4.13. The summed E-state index contributed by atoms with van der Waals surface area (Å²) in [5, 5.41) is 4.32. The normalized spacial score (nSPS) is 14.0. The van der Waals surface area contributed by atoms with E-state index in [-0.39, 0.29) is 11.9 Å². The van der Waals surface area contributed by atoms with Gasteiger partial charge in [-0.15, -0.1) is 0 Å². The molecule has 7 nitrogen and oxygen atoms in total. The van der Waals surface area contributed by atoms with E-state index in [0.29, 0.717) is 23.9 Å². The number of benzene rings is 1. The number of ether oxygens (including phenoxy) is 1. The summed E-state index contributed by atoms with van der Waals surface area (Å²) in [7, 11) is 1.56. The zero-order chi connectivity index (χ0) is 24.7. The van der Waals surface area contributed by atoms with Crippen molar-refractivity contribution in [1.29, 1.82) is 0 Å². The molecule has 1 saturated carbocycles. The van der Waals surface area contributed by atoms with Gasteiger partial charge in [0.25, 0.3) is 0 Å². The smallest absolute Gasteiger partial charge is 0.434 e. The van der Waals surface area contributed by atoms with Crippen LogP contribution in [0.4, 0.5) is 13.2 Å². The third-order valence-electron chi connectivity index (χ3n) is 6.11. The summed E-state index contributed by atoms with van der Waals surface area (Å²) >= 11 is 0. The average molecular weight is 483 g/mol. The zero-order valence-corrected chi connectivity index (χ0v) is 19.6. The molecule has 0 saturated heterocycles. The molecule has 3 heterocycles. The molecule has 10 heteroatoms. The summed E-state index contributed by atoms with van der Waals surface area (Å²) in [5.74, 6) is 0.990. The van der Waals surface area contributed by atoms with Crippen molar-refractivity contribution in [3.8, 4) is 28.4 Å². The number of hydrogen-bond donors (Lipinski definition) is 0. The van der Waals surface area contributed by atoms with Gasteiger partial charge in [0.1, 0.15) is 12.2 Å².